The molecule has 4 nitrogen and oxygen atoms in total. The van der Waals surface area contributed by atoms with Crippen molar-refractivity contribution in [3.8, 4) is 5.75 Å². The summed E-state index contributed by atoms with van der Waals surface area (Å²) in [5.74, 6) is 0.307. The minimum Gasteiger partial charge on any atom is -0.405 e. The van der Waals surface area contributed by atoms with Crippen LogP contribution in [0.3, 0.4) is 0 Å². The van der Waals surface area contributed by atoms with Gasteiger partial charge in [0, 0.05) is 30.4 Å². The third-order valence-corrected chi connectivity index (χ3v) is 4.35. The molecule has 0 aliphatic heterocycles. The predicted molar refractivity (Wildman–Crippen MR) is 104 cm³/mol. The monoisotopic (exact) mass is 477 g/mol. The minimum absolute atomic E-state index is 0. The molecule has 2 N–H and O–H groups in total. The van der Waals surface area contributed by atoms with Gasteiger partial charge in [-0.1, -0.05) is 18.2 Å². The maximum atomic E-state index is 12.4. The maximum absolute atomic E-state index is 12.4. The van der Waals surface area contributed by atoms with Crippen molar-refractivity contribution in [2.24, 2.45) is 4.99 Å². The molecule has 9 heteroatoms. The van der Waals surface area contributed by atoms with Crippen molar-refractivity contribution in [3.63, 3.8) is 0 Å². The zero-order valence-corrected chi connectivity index (χ0v) is 17.2. The molecule has 1 rings (SSSR count). The lowest BCUT2D eigenvalue weighted by Gasteiger charge is -2.24. The van der Waals surface area contributed by atoms with E-state index in [9.17, 15) is 13.2 Å². The number of alkyl halides is 3. The highest BCUT2D eigenvalue weighted by molar-refractivity contribution is 14.0. The van der Waals surface area contributed by atoms with E-state index >= 15 is 0 Å². The van der Waals surface area contributed by atoms with Crippen LogP contribution in [-0.4, -0.2) is 36.9 Å². The molecule has 24 heavy (non-hydrogen) atoms. The van der Waals surface area contributed by atoms with E-state index in [1.54, 1.807) is 30.9 Å². The Hall–Kier alpha value is -0.840. The number of halogens is 4. The summed E-state index contributed by atoms with van der Waals surface area (Å²) in [5, 5.41) is 6.14. The molecule has 1 aromatic carbocycles. The summed E-state index contributed by atoms with van der Waals surface area (Å²) >= 11 is 1.71. The Morgan fingerprint density at radius 1 is 1.21 bits per heavy atom. The molecule has 0 spiro atoms. The van der Waals surface area contributed by atoms with Crippen LogP contribution >= 0.6 is 35.7 Å². The van der Waals surface area contributed by atoms with Gasteiger partial charge >= 0.3 is 6.36 Å². The van der Waals surface area contributed by atoms with Crippen LogP contribution in [0.25, 0.3) is 0 Å². The third-order valence-electron chi connectivity index (χ3n) is 3.10. The van der Waals surface area contributed by atoms with E-state index in [0.29, 0.717) is 18.1 Å². The largest absolute Gasteiger partial charge is 0.573 e. The number of hydrogen-bond donors (Lipinski definition) is 2. The Labute approximate surface area is 162 Å². The predicted octanol–water partition coefficient (Wildman–Crippen LogP) is 4.01. The third kappa shape index (κ3) is 8.86. The lowest BCUT2D eigenvalue weighted by molar-refractivity contribution is -0.274. The quantitative estimate of drug-likeness (QED) is 0.370. The van der Waals surface area contributed by atoms with E-state index in [1.165, 1.54) is 12.1 Å². The summed E-state index contributed by atoms with van der Waals surface area (Å²) in [6.45, 7) is 5.02. The first-order chi connectivity index (χ1) is 10.7. The summed E-state index contributed by atoms with van der Waals surface area (Å²) in [7, 11) is 1.61. The molecule has 0 aliphatic carbocycles. The number of thioether (sulfide) groups is 1. The molecule has 0 unspecified atom stereocenters. The van der Waals surface area contributed by atoms with E-state index in [1.807, 2.05) is 6.26 Å². The molecule has 0 fully saturated rings. The smallest absolute Gasteiger partial charge is 0.405 e. The molecule has 138 valence electrons. The van der Waals surface area contributed by atoms with Crippen molar-refractivity contribution < 1.29 is 17.9 Å². The molecular formula is C15H23F3IN3OS. The van der Waals surface area contributed by atoms with E-state index in [4.69, 9.17) is 0 Å². The maximum Gasteiger partial charge on any atom is 0.573 e. The SMILES string of the molecule is CN=C(NCc1ccccc1OC(F)(F)F)NCC(C)(C)SC.I. The molecule has 0 heterocycles. The summed E-state index contributed by atoms with van der Waals surface area (Å²) in [6, 6.07) is 6.02. The second-order valence-corrected chi connectivity index (χ2v) is 6.91. The van der Waals surface area contributed by atoms with Gasteiger partial charge in [-0.15, -0.1) is 37.1 Å². The highest BCUT2D eigenvalue weighted by Gasteiger charge is 2.31. The highest BCUT2D eigenvalue weighted by atomic mass is 127. The van der Waals surface area contributed by atoms with E-state index in [-0.39, 0.29) is 41.0 Å². The van der Waals surface area contributed by atoms with Crippen molar-refractivity contribution >= 4 is 41.7 Å². The number of ether oxygens (including phenoxy) is 1. The van der Waals surface area contributed by atoms with Crippen LogP contribution in [0.5, 0.6) is 5.75 Å². The van der Waals surface area contributed by atoms with Crippen LogP contribution in [-0.2, 0) is 6.54 Å². The van der Waals surface area contributed by atoms with Crippen LogP contribution in [0.4, 0.5) is 13.2 Å². The Kier molecular flexibility index (Phi) is 9.86. The standard InChI is InChI=1S/C15H22F3N3OS.HI/c1-14(2,23-4)10-21-13(19-3)20-9-11-7-5-6-8-12(11)22-15(16,17)18;/h5-8H,9-10H2,1-4H3,(H2,19,20,21);1H. The van der Waals surface area contributed by atoms with E-state index in [2.05, 4.69) is 34.2 Å². The van der Waals surface area contributed by atoms with Crippen molar-refractivity contribution in [3.05, 3.63) is 29.8 Å². The number of guanidine groups is 1. The van der Waals surface area contributed by atoms with Gasteiger partial charge in [-0.2, -0.15) is 11.8 Å². The van der Waals surface area contributed by atoms with Gasteiger partial charge in [0.2, 0.25) is 0 Å². The number of aliphatic imine (C=N–C) groups is 1. The molecular weight excluding hydrogens is 454 g/mol. The molecule has 0 aliphatic rings. The fraction of sp³-hybridized carbons (Fsp3) is 0.533. The van der Waals surface area contributed by atoms with Crippen molar-refractivity contribution in [2.75, 3.05) is 19.8 Å². The fourth-order valence-electron chi connectivity index (χ4n) is 1.64. The van der Waals surface area contributed by atoms with Gasteiger partial charge < -0.3 is 15.4 Å². The Morgan fingerprint density at radius 2 is 1.83 bits per heavy atom. The zero-order chi connectivity index (χ0) is 17.5. The number of nitrogens with zero attached hydrogens (tertiary/aromatic N) is 1. The highest BCUT2D eigenvalue weighted by Crippen LogP contribution is 2.26. The van der Waals surface area contributed by atoms with Crippen LogP contribution < -0.4 is 15.4 Å². The summed E-state index contributed by atoms with van der Waals surface area (Å²) in [4.78, 5) is 4.07. The first kappa shape index (κ1) is 23.2. The average molecular weight is 477 g/mol. The van der Waals surface area contributed by atoms with Gasteiger partial charge in [-0.3, -0.25) is 4.99 Å². The second-order valence-electron chi connectivity index (χ2n) is 5.40. The number of nitrogens with one attached hydrogen (secondary N) is 2. The first-order valence-electron chi connectivity index (χ1n) is 7.00. The number of benzene rings is 1. The molecule has 0 aromatic heterocycles. The lowest BCUT2D eigenvalue weighted by atomic mass is 10.2. The van der Waals surface area contributed by atoms with Crippen molar-refractivity contribution in [2.45, 2.75) is 31.5 Å². The van der Waals surface area contributed by atoms with Gasteiger partial charge in [0.05, 0.1) is 0 Å². The van der Waals surface area contributed by atoms with Gasteiger partial charge in [-0.05, 0) is 26.2 Å². The summed E-state index contributed by atoms with van der Waals surface area (Å²) in [5.41, 5.74) is 0.400. The second kappa shape index (κ2) is 10.2. The minimum atomic E-state index is -4.71. The van der Waals surface area contributed by atoms with Crippen LogP contribution in [0.15, 0.2) is 29.3 Å². The molecule has 0 bridgehead atoms. The molecule has 1 aromatic rings. The Morgan fingerprint density at radius 3 is 2.38 bits per heavy atom. The molecule has 0 saturated heterocycles. The average Bonchev–Trinajstić information content (AvgIpc) is 2.47. The van der Waals surface area contributed by atoms with Crippen molar-refractivity contribution in [1.82, 2.24) is 10.6 Å². The topological polar surface area (TPSA) is 45.7 Å². The van der Waals surface area contributed by atoms with Crippen molar-refractivity contribution in [1.29, 1.82) is 0 Å². The van der Waals surface area contributed by atoms with Gasteiger partial charge in [0.25, 0.3) is 0 Å². The van der Waals surface area contributed by atoms with Crippen LogP contribution in [0, 0.1) is 0 Å². The Bertz CT molecular complexity index is 539. The fourth-order valence-corrected chi connectivity index (χ4v) is 1.86. The van der Waals surface area contributed by atoms with Gasteiger partial charge in [0.15, 0.2) is 5.96 Å². The van der Waals surface area contributed by atoms with Gasteiger partial charge in [-0.25, -0.2) is 0 Å². The number of para-hydroxylation sites is 1. The first-order valence-corrected chi connectivity index (χ1v) is 8.22. The number of hydrogen-bond acceptors (Lipinski definition) is 3. The van der Waals surface area contributed by atoms with Crippen LogP contribution in [0.1, 0.15) is 19.4 Å². The normalized spacial score (nSPS) is 12.4. The summed E-state index contributed by atoms with van der Waals surface area (Å²) < 4.78 is 41.2. The Balaban J connectivity index is 0.00000529. The molecule has 0 radical (unpaired) electrons. The lowest BCUT2D eigenvalue weighted by Crippen LogP contribution is -2.43. The van der Waals surface area contributed by atoms with E-state index in [0.717, 1.165) is 0 Å². The summed E-state index contributed by atoms with van der Waals surface area (Å²) in [6.07, 6.45) is -2.69. The zero-order valence-electron chi connectivity index (χ0n) is 14.0. The van der Waals surface area contributed by atoms with E-state index < -0.39 is 6.36 Å². The van der Waals surface area contributed by atoms with Gasteiger partial charge in [0.1, 0.15) is 5.75 Å². The molecule has 0 saturated carbocycles. The number of rotatable bonds is 6. The van der Waals surface area contributed by atoms with Crippen LogP contribution in [0.2, 0.25) is 0 Å². The molecule has 0 atom stereocenters. The molecule has 0 amide bonds.